The van der Waals surface area contributed by atoms with Gasteiger partial charge in [-0.2, -0.15) is 4.72 Å². The van der Waals surface area contributed by atoms with Crippen molar-refractivity contribution < 1.29 is 22.7 Å². The highest BCUT2D eigenvalue weighted by Gasteiger charge is 2.35. The zero-order valence-corrected chi connectivity index (χ0v) is 27.0. The third-order valence-corrected chi connectivity index (χ3v) is 9.44. The first-order valence-electron chi connectivity index (χ1n) is 14.6. The number of nitrogens with zero attached hydrogens (tertiary/aromatic N) is 1. The van der Waals surface area contributed by atoms with Crippen LogP contribution in [0.1, 0.15) is 72.3 Å². The average molecular weight is 627 g/mol. The minimum Gasteiger partial charge on any atom is -0.465 e. The lowest BCUT2D eigenvalue weighted by molar-refractivity contribution is -0.153. The highest BCUT2D eigenvalue weighted by atomic mass is 35.5. The number of amides is 1. The number of piperidine rings is 1. The van der Waals surface area contributed by atoms with Gasteiger partial charge in [0.1, 0.15) is 10.9 Å². The van der Waals surface area contributed by atoms with Crippen molar-refractivity contribution in [3.05, 3.63) is 22.7 Å². The summed E-state index contributed by atoms with van der Waals surface area (Å²) in [6.07, 6.45) is 3.53. The molecule has 0 unspecified atom stereocenters. The van der Waals surface area contributed by atoms with Crippen molar-refractivity contribution in [3.8, 4) is 0 Å². The smallest absolute Gasteiger partial charge is 0.311 e. The fraction of sp³-hybridized carbons (Fsp3) is 0.690. The molecule has 2 heterocycles. The first-order chi connectivity index (χ1) is 19.5. The van der Waals surface area contributed by atoms with E-state index in [1.165, 1.54) is 6.07 Å². The lowest BCUT2D eigenvalue weighted by atomic mass is 9.82. The molecule has 0 aliphatic carbocycles. The highest BCUT2D eigenvalue weighted by Crippen LogP contribution is 2.38. The van der Waals surface area contributed by atoms with Crippen molar-refractivity contribution in [2.24, 2.45) is 22.5 Å². The second kappa shape index (κ2) is 13.8. The molecular formula is C29H47ClN6O5S. The minimum absolute atomic E-state index is 0.0312. The maximum Gasteiger partial charge on any atom is 0.311 e. The quantitative estimate of drug-likeness (QED) is 0.108. The molecule has 2 aliphatic rings. The topological polar surface area (TPSA) is 167 Å². The summed E-state index contributed by atoms with van der Waals surface area (Å²) < 4.78 is 35.6. The van der Waals surface area contributed by atoms with Crippen LogP contribution in [0.25, 0.3) is 0 Å². The number of carbonyl (C=O) groups is 2. The molecule has 1 fully saturated rings. The first-order valence-corrected chi connectivity index (χ1v) is 16.5. The molecule has 236 valence electrons. The van der Waals surface area contributed by atoms with Gasteiger partial charge in [-0.25, -0.2) is 8.42 Å². The summed E-state index contributed by atoms with van der Waals surface area (Å²) in [6.45, 7) is 11.9. The number of benzene rings is 1. The molecule has 0 aromatic heterocycles. The monoisotopic (exact) mass is 626 g/mol. The van der Waals surface area contributed by atoms with E-state index in [1.54, 1.807) is 11.0 Å². The number of rotatable bonds is 11. The predicted molar refractivity (Wildman–Crippen MR) is 165 cm³/mol. The summed E-state index contributed by atoms with van der Waals surface area (Å²) in [7, 11) is -4.12. The Labute approximate surface area is 255 Å². The largest absolute Gasteiger partial charge is 0.465 e. The Morgan fingerprint density at radius 3 is 2.55 bits per heavy atom. The van der Waals surface area contributed by atoms with Crippen LogP contribution < -0.4 is 21.1 Å². The van der Waals surface area contributed by atoms with E-state index >= 15 is 0 Å². The maximum absolute atomic E-state index is 13.8. The van der Waals surface area contributed by atoms with Crippen LogP contribution >= 0.6 is 11.6 Å². The van der Waals surface area contributed by atoms with E-state index in [9.17, 15) is 18.0 Å². The molecular weight excluding hydrogens is 580 g/mol. The van der Waals surface area contributed by atoms with E-state index in [-0.39, 0.29) is 34.6 Å². The maximum atomic E-state index is 13.8. The molecule has 13 heteroatoms. The second-order valence-electron chi connectivity index (χ2n) is 13.2. The number of nitrogens with one attached hydrogen (secondary N) is 4. The number of nitrogens with two attached hydrogens (primary N) is 1. The summed E-state index contributed by atoms with van der Waals surface area (Å²) in [4.78, 5) is 27.5. The van der Waals surface area contributed by atoms with E-state index in [2.05, 4.69) is 29.2 Å². The van der Waals surface area contributed by atoms with Gasteiger partial charge in [0, 0.05) is 31.2 Å². The molecule has 0 bridgehead atoms. The van der Waals surface area contributed by atoms with Gasteiger partial charge in [-0.05, 0) is 88.3 Å². The number of esters is 1. The van der Waals surface area contributed by atoms with Gasteiger partial charge in [0.05, 0.1) is 17.7 Å². The third-order valence-electron chi connectivity index (χ3n) is 7.73. The van der Waals surface area contributed by atoms with Gasteiger partial charge in [-0.15, -0.1) is 0 Å². The first kappa shape index (κ1) is 33.9. The predicted octanol–water partition coefficient (Wildman–Crippen LogP) is 3.46. The van der Waals surface area contributed by atoms with Crippen molar-refractivity contribution in [2.45, 2.75) is 84.1 Å². The molecule has 1 saturated heterocycles. The number of halogens is 1. The van der Waals surface area contributed by atoms with E-state index in [1.807, 2.05) is 20.8 Å². The Morgan fingerprint density at radius 1 is 1.26 bits per heavy atom. The lowest BCUT2D eigenvalue weighted by Gasteiger charge is -2.35. The zero-order valence-electron chi connectivity index (χ0n) is 25.4. The van der Waals surface area contributed by atoms with Gasteiger partial charge in [-0.1, -0.05) is 25.4 Å². The van der Waals surface area contributed by atoms with Crippen molar-refractivity contribution in [2.75, 3.05) is 38.1 Å². The number of hydrogen-bond donors (Lipinski definition) is 5. The number of guanidine groups is 1. The third kappa shape index (κ3) is 9.47. The summed E-state index contributed by atoms with van der Waals surface area (Å²) in [5, 5.41) is 13.7. The molecule has 1 atom stereocenters. The molecule has 42 heavy (non-hydrogen) atoms. The summed E-state index contributed by atoms with van der Waals surface area (Å²) in [6, 6.07) is 2.21. The minimum atomic E-state index is -4.12. The van der Waals surface area contributed by atoms with Crippen LogP contribution in [0.15, 0.2) is 17.0 Å². The Hall–Kier alpha value is -2.57. The van der Waals surface area contributed by atoms with Crippen LogP contribution in [0.3, 0.4) is 0 Å². The van der Waals surface area contributed by atoms with Gasteiger partial charge in [0.25, 0.3) is 0 Å². The van der Waals surface area contributed by atoms with Crippen molar-refractivity contribution in [1.29, 1.82) is 5.41 Å². The van der Waals surface area contributed by atoms with E-state index in [0.717, 1.165) is 24.8 Å². The molecule has 11 nitrogen and oxygen atoms in total. The Balaban J connectivity index is 1.70. The summed E-state index contributed by atoms with van der Waals surface area (Å²) in [5.41, 5.74) is 6.12. The SMILES string of the molecule is CC1(C)CNc2c(cc(Cl)cc2S(=O)(=O)N[C@@H](CCCNC(=N)N)C(=O)N2CCC(CCOC(=O)C(C)(C)C)CC2)C1. The van der Waals surface area contributed by atoms with Crippen LogP contribution in [0.4, 0.5) is 5.69 Å². The normalized spacial score (nSPS) is 18.0. The van der Waals surface area contributed by atoms with Gasteiger partial charge in [0.2, 0.25) is 15.9 Å². The molecule has 1 amide bonds. The number of anilines is 1. The molecule has 2 aliphatic heterocycles. The van der Waals surface area contributed by atoms with Gasteiger partial charge in [0.15, 0.2) is 5.96 Å². The number of hydrogen-bond acceptors (Lipinski definition) is 7. The van der Waals surface area contributed by atoms with E-state index < -0.39 is 21.5 Å². The number of fused-ring (bicyclic) bond motifs is 1. The molecule has 1 aromatic carbocycles. The van der Waals surface area contributed by atoms with Crippen molar-refractivity contribution >= 4 is 45.1 Å². The van der Waals surface area contributed by atoms with Crippen LogP contribution in [0.5, 0.6) is 0 Å². The van der Waals surface area contributed by atoms with Crippen molar-refractivity contribution in [3.63, 3.8) is 0 Å². The molecule has 3 rings (SSSR count). The fourth-order valence-electron chi connectivity index (χ4n) is 5.30. The number of ether oxygens (including phenoxy) is 1. The Kier molecular flexibility index (Phi) is 11.2. The Bertz CT molecular complexity index is 1260. The van der Waals surface area contributed by atoms with Crippen LogP contribution in [-0.2, 0) is 30.8 Å². The summed E-state index contributed by atoms with van der Waals surface area (Å²) >= 11 is 6.36. The molecule has 0 spiro atoms. The van der Waals surface area contributed by atoms with E-state index in [4.69, 9.17) is 27.5 Å². The lowest BCUT2D eigenvalue weighted by Crippen LogP contribution is -2.51. The average Bonchev–Trinajstić information content (AvgIpc) is 2.88. The van der Waals surface area contributed by atoms with Gasteiger partial charge < -0.3 is 26.0 Å². The Morgan fingerprint density at radius 2 is 1.93 bits per heavy atom. The highest BCUT2D eigenvalue weighted by molar-refractivity contribution is 7.89. The standard InChI is InChI=1S/C29H47ClN6O5S/c1-28(2,3)26(38)41-14-10-19-8-12-36(13-9-19)25(37)22(7-6-11-33-27(31)32)35-42(39,40)23-16-21(30)15-20-17-29(4,5)18-34-24(20)23/h15-16,19,22,34-35H,6-14,17-18H2,1-5H3,(H4,31,32,33)/t22-/m0/s1. The number of likely N-dealkylation sites (tertiary alicyclic amines) is 1. The zero-order chi connectivity index (χ0) is 31.3. The van der Waals surface area contributed by atoms with Crippen LogP contribution in [0, 0.1) is 22.2 Å². The fourth-order valence-corrected chi connectivity index (χ4v) is 7.08. The van der Waals surface area contributed by atoms with Gasteiger partial charge >= 0.3 is 5.97 Å². The molecule has 0 saturated carbocycles. The molecule has 1 aromatic rings. The van der Waals surface area contributed by atoms with Gasteiger partial charge in [-0.3, -0.25) is 15.0 Å². The second-order valence-corrected chi connectivity index (χ2v) is 15.4. The van der Waals surface area contributed by atoms with Crippen LogP contribution in [0.2, 0.25) is 5.02 Å². The number of sulfonamides is 1. The molecule has 0 radical (unpaired) electrons. The summed E-state index contributed by atoms with van der Waals surface area (Å²) in [5.74, 6) is -0.397. The molecule has 6 N–H and O–H groups in total. The number of carbonyl (C=O) groups excluding carboxylic acids is 2. The van der Waals surface area contributed by atoms with Crippen LogP contribution in [-0.4, -0.2) is 70.0 Å². The van der Waals surface area contributed by atoms with Crippen molar-refractivity contribution in [1.82, 2.24) is 14.9 Å². The van der Waals surface area contributed by atoms with E-state index in [0.29, 0.717) is 62.3 Å².